The molecule has 1 heterocycles. The lowest BCUT2D eigenvalue weighted by Gasteiger charge is -2.27. The van der Waals surface area contributed by atoms with Crippen LogP contribution in [0.4, 0.5) is 11.4 Å². The summed E-state index contributed by atoms with van der Waals surface area (Å²) >= 11 is 6.36. The second kappa shape index (κ2) is 19.0. The van der Waals surface area contributed by atoms with E-state index in [-0.39, 0.29) is 5.91 Å². The van der Waals surface area contributed by atoms with Crippen LogP contribution in [-0.4, -0.2) is 54.3 Å². The summed E-state index contributed by atoms with van der Waals surface area (Å²) in [5.74, 6) is -2.76. The van der Waals surface area contributed by atoms with Crippen LogP contribution >= 0.6 is 11.6 Å². The normalized spacial score (nSPS) is 12.2. The Bertz CT molecular complexity index is 1410. The van der Waals surface area contributed by atoms with E-state index in [0.29, 0.717) is 25.3 Å². The molecule has 1 amide bonds. The fourth-order valence-electron chi connectivity index (χ4n) is 4.61. The minimum absolute atomic E-state index is 0.248. The second-order valence-electron chi connectivity index (χ2n) is 9.93. The van der Waals surface area contributed by atoms with Crippen molar-refractivity contribution in [1.82, 2.24) is 10.8 Å². The van der Waals surface area contributed by atoms with Gasteiger partial charge in [-0.2, -0.15) is 0 Å². The van der Waals surface area contributed by atoms with Crippen LogP contribution in [0.1, 0.15) is 29.5 Å². The first kappa shape index (κ1) is 34.1. The molecule has 1 aliphatic rings. The Morgan fingerprint density at radius 2 is 1.52 bits per heavy atom. The number of nitrogens with one attached hydrogen (secondary N) is 2. The standard InChI is InChI=1S/C30H34ClN3O2.C4H4O4/c31-27-17-16-26-15-14-25-11-4-5-12-28(25)34(29(26)23-27)21-7-6-19-32-20-8-13-30(35)33-36-22-18-24-9-2-1-3-10-24;5-3(6)1-2-4(7)8/h1-5,8-13,16-17,23,32H,6-7,14-15,18-22H2,(H,33,35);1-2H,(H,5,6)(H,7,8)/b13-8+;2-1-. The molecule has 0 fully saturated rings. The number of unbranched alkanes of at least 4 members (excludes halogenated alkanes) is 1. The van der Waals surface area contributed by atoms with Crippen LogP contribution in [0.3, 0.4) is 0 Å². The SMILES string of the molecule is O=C(/C=C/CNCCCCN1c2ccccc2CCc2ccc(Cl)cc21)NOCCc1ccccc1.O=C(O)/C=C\C(=O)O. The Kier molecular flexibility index (Phi) is 14.7. The molecule has 0 aliphatic carbocycles. The predicted molar refractivity (Wildman–Crippen MR) is 172 cm³/mol. The van der Waals surface area contributed by atoms with Gasteiger partial charge in [-0.05, 0) is 73.5 Å². The number of carboxylic acid groups (broad SMARTS) is 2. The Labute approximate surface area is 262 Å². The van der Waals surface area contributed by atoms with Gasteiger partial charge in [0, 0.05) is 47.7 Å². The minimum Gasteiger partial charge on any atom is -0.478 e. The molecule has 44 heavy (non-hydrogen) atoms. The number of anilines is 2. The molecule has 4 N–H and O–H groups in total. The molecule has 3 aromatic rings. The van der Waals surface area contributed by atoms with E-state index in [2.05, 4.69) is 52.1 Å². The maximum atomic E-state index is 11.9. The number of fused-ring (bicyclic) bond motifs is 2. The molecule has 0 saturated carbocycles. The lowest BCUT2D eigenvalue weighted by molar-refractivity contribution is -0.134. The third kappa shape index (κ3) is 12.4. The summed E-state index contributed by atoms with van der Waals surface area (Å²) in [6.07, 6.45) is 9.35. The molecule has 0 unspecified atom stereocenters. The number of aliphatic carboxylic acids is 2. The maximum Gasteiger partial charge on any atom is 0.328 e. The summed E-state index contributed by atoms with van der Waals surface area (Å²) < 4.78 is 0. The zero-order valence-corrected chi connectivity index (χ0v) is 25.2. The molecule has 0 saturated heterocycles. The summed E-state index contributed by atoms with van der Waals surface area (Å²) in [5.41, 5.74) is 8.88. The van der Waals surface area contributed by atoms with Gasteiger partial charge >= 0.3 is 11.9 Å². The average molecular weight is 620 g/mol. The fraction of sp³-hybridized carbons (Fsp3) is 0.265. The molecular formula is C34H38ClN3O6. The van der Waals surface area contributed by atoms with Crippen molar-refractivity contribution in [2.24, 2.45) is 0 Å². The quantitative estimate of drug-likeness (QED) is 0.106. The zero-order chi connectivity index (χ0) is 31.6. The number of aryl methyl sites for hydroxylation is 2. The number of carboxylic acids is 2. The molecule has 9 nitrogen and oxygen atoms in total. The number of nitrogens with zero attached hydrogens (tertiary/aromatic N) is 1. The van der Waals surface area contributed by atoms with Crippen molar-refractivity contribution in [3.05, 3.63) is 119 Å². The van der Waals surface area contributed by atoms with Crippen molar-refractivity contribution >= 4 is 40.8 Å². The van der Waals surface area contributed by atoms with E-state index >= 15 is 0 Å². The van der Waals surface area contributed by atoms with E-state index in [1.54, 1.807) is 0 Å². The first-order valence-electron chi connectivity index (χ1n) is 14.4. The highest BCUT2D eigenvalue weighted by Crippen LogP contribution is 2.37. The summed E-state index contributed by atoms with van der Waals surface area (Å²) in [5, 5.41) is 19.8. The number of carbonyl (C=O) groups excluding carboxylic acids is 1. The van der Waals surface area contributed by atoms with Crippen molar-refractivity contribution in [2.45, 2.75) is 32.1 Å². The van der Waals surface area contributed by atoms with Gasteiger partial charge in [0.15, 0.2) is 0 Å². The van der Waals surface area contributed by atoms with Crippen LogP contribution in [0.25, 0.3) is 0 Å². The molecule has 0 spiro atoms. The molecule has 4 rings (SSSR count). The van der Waals surface area contributed by atoms with Crippen molar-refractivity contribution in [3.63, 3.8) is 0 Å². The van der Waals surface area contributed by atoms with Crippen LogP contribution < -0.4 is 15.7 Å². The number of para-hydroxylation sites is 1. The monoisotopic (exact) mass is 619 g/mol. The van der Waals surface area contributed by atoms with E-state index < -0.39 is 11.9 Å². The summed E-state index contributed by atoms with van der Waals surface area (Å²) in [6, 6.07) is 25.0. The molecule has 0 atom stereocenters. The van der Waals surface area contributed by atoms with Gasteiger partial charge in [-0.1, -0.05) is 72.3 Å². The van der Waals surface area contributed by atoms with Crippen LogP contribution in [0.15, 0.2) is 97.1 Å². The second-order valence-corrected chi connectivity index (χ2v) is 10.4. The third-order valence-electron chi connectivity index (χ3n) is 6.68. The van der Waals surface area contributed by atoms with E-state index in [4.69, 9.17) is 26.7 Å². The molecule has 3 aromatic carbocycles. The Morgan fingerprint density at radius 3 is 2.25 bits per heavy atom. The number of halogens is 1. The largest absolute Gasteiger partial charge is 0.478 e. The van der Waals surface area contributed by atoms with Crippen LogP contribution in [0.5, 0.6) is 0 Å². The Morgan fingerprint density at radius 1 is 0.841 bits per heavy atom. The van der Waals surface area contributed by atoms with Crippen molar-refractivity contribution in [2.75, 3.05) is 31.1 Å². The highest BCUT2D eigenvalue weighted by atomic mass is 35.5. The summed E-state index contributed by atoms with van der Waals surface area (Å²) in [7, 11) is 0. The highest BCUT2D eigenvalue weighted by molar-refractivity contribution is 6.30. The molecule has 232 valence electrons. The summed E-state index contributed by atoms with van der Waals surface area (Å²) in [6.45, 7) is 2.91. The topological polar surface area (TPSA) is 128 Å². The van der Waals surface area contributed by atoms with Gasteiger partial charge in [-0.25, -0.2) is 15.1 Å². The zero-order valence-electron chi connectivity index (χ0n) is 24.5. The van der Waals surface area contributed by atoms with Gasteiger partial charge in [0.1, 0.15) is 0 Å². The predicted octanol–water partition coefficient (Wildman–Crippen LogP) is 5.51. The third-order valence-corrected chi connectivity index (χ3v) is 6.91. The average Bonchev–Trinajstić information content (AvgIpc) is 3.17. The highest BCUT2D eigenvalue weighted by Gasteiger charge is 2.20. The van der Waals surface area contributed by atoms with Gasteiger partial charge in [0.2, 0.25) is 0 Å². The van der Waals surface area contributed by atoms with Gasteiger partial charge in [0.25, 0.3) is 5.91 Å². The molecule has 0 radical (unpaired) electrons. The van der Waals surface area contributed by atoms with Crippen LogP contribution in [0, 0.1) is 0 Å². The van der Waals surface area contributed by atoms with Crippen molar-refractivity contribution in [3.8, 4) is 0 Å². The Hall–Kier alpha value is -4.44. The van der Waals surface area contributed by atoms with Gasteiger partial charge in [0.05, 0.1) is 6.61 Å². The number of amides is 1. The van der Waals surface area contributed by atoms with Crippen molar-refractivity contribution < 1.29 is 29.4 Å². The van der Waals surface area contributed by atoms with E-state index in [1.165, 1.54) is 34.1 Å². The lowest BCUT2D eigenvalue weighted by atomic mass is 10.0. The summed E-state index contributed by atoms with van der Waals surface area (Å²) in [4.78, 5) is 38.6. The van der Waals surface area contributed by atoms with Gasteiger partial charge in [-0.15, -0.1) is 0 Å². The van der Waals surface area contributed by atoms with Crippen LogP contribution in [-0.2, 0) is 38.5 Å². The number of benzene rings is 3. The van der Waals surface area contributed by atoms with E-state index in [0.717, 1.165) is 50.2 Å². The van der Waals surface area contributed by atoms with Gasteiger partial charge in [-0.3, -0.25) is 9.63 Å². The molecular weight excluding hydrogens is 582 g/mol. The number of hydrogen-bond acceptors (Lipinski definition) is 6. The molecule has 10 heteroatoms. The first-order chi connectivity index (χ1) is 21.3. The Balaban J connectivity index is 0.000000583. The number of hydrogen-bond donors (Lipinski definition) is 4. The van der Waals surface area contributed by atoms with Gasteiger partial charge < -0.3 is 20.4 Å². The lowest BCUT2D eigenvalue weighted by Crippen LogP contribution is -2.23. The van der Waals surface area contributed by atoms with Crippen molar-refractivity contribution in [1.29, 1.82) is 0 Å². The number of carbonyl (C=O) groups is 3. The maximum absolute atomic E-state index is 11.9. The first-order valence-corrected chi connectivity index (χ1v) is 14.8. The number of hydroxylamine groups is 1. The molecule has 0 aromatic heterocycles. The van der Waals surface area contributed by atoms with Crippen LogP contribution in [0.2, 0.25) is 5.02 Å². The molecule has 0 bridgehead atoms. The smallest absolute Gasteiger partial charge is 0.328 e. The minimum atomic E-state index is -1.26. The molecule has 1 aliphatic heterocycles. The number of rotatable bonds is 14. The fourth-order valence-corrected chi connectivity index (χ4v) is 4.78. The van der Waals surface area contributed by atoms with E-state index in [9.17, 15) is 14.4 Å². The van der Waals surface area contributed by atoms with E-state index in [1.807, 2.05) is 42.5 Å².